The molecule has 3 atom stereocenters. The van der Waals surface area contributed by atoms with Crippen LogP contribution in [0.2, 0.25) is 0 Å². The molecule has 14 heavy (non-hydrogen) atoms. The molecular weight excluding hydrogens is 174 g/mol. The Kier molecular flexibility index (Phi) is 2.05. The topological polar surface area (TPSA) is 40.7 Å². The standard InChI is InChI=1S/C11H17N3/c1-2-9-5-8(1)6-10(9)14-7-11-12-3-4-13-11/h3-4,8-10,14H,1-2,5-7H2,(H,12,13). The number of fused-ring (bicyclic) bond motifs is 2. The predicted octanol–water partition coefficient (Wildman–Crippen LogP) is 1.69. The molecule has 3 rings (SSSR count). The normalized spacial score (nSPS) is 35.3. The van der Waals surface area contributed by atoms with Crippen LogP contribution in [0.1, 0.15) is 31.5 Å². The summed E-state index contributed by atoms with van der Waals surface area (Å²) >= 11 is 0. The molecule has 0 radical (unpaired) electrons. The van der Waals surface area contributed by atoms with E-state index in [1.54, 1.807) is 0 Å². The van der Waals surface area contributed by atoms with Crippen molar-refractivity contribution < 1.29 is 0 Å². The third-order valence-corrected chi connectivity index (χ3v) is 3.82. The zero-order chi connectivity index (χ0) is 9.38. The average Bonchev–Trinajstić information content (AvgIpc) is 2.91. The molecule has 1 aromatic rings. The first-order chi connectivity index (χ1) is 6.92. The highest BCUT2D eigenvalue weighted by molar-refractivity contribution is 4.95. The molecule has 1 aromatic heterocycles. The van der Waals surface area contributed by atoms with Gasteiger partial charge in [-0.25, -0.2) is 4.98 Å². The van der Waals surface area contributed by atoms with Gasteiger partial charge in [-0.15, -0.1) is 0 Å². The molecule has 2 bridgehead atoms. The predicted molar refractivity (Wildman–Crippen MR) is 54.7 cm³/mol. The van der Waals surface area contributed by atoms with E-state index >= 15 is 0 Å². The van der Waals surface area contributed by atoms with Gasteiger partial charge in [-0.2, -0.15) is 0 Å². The van der Waals surface area contributed by atoms with E-state index in [-0.39, 0.29) is 0 Å². The van der Waals surface area contributed by atoms with Gasteiger partial charge in [0.15, 0.2) is 0 Å². The van der Waals surface area contributed by atoms with Gasteiger partial charge >= 0.3 is 0 Å². The number of imidazole rings is 1. The SMILES string of the molecule is c1c[nH]c(CNC2CC3CCC2C3)n1. The minimum Gasteiger partial charge on any atom is -0.348 e. The smallest absolute Gasteiger partial charge is 0.120 e. The van der Waals surface area contributed by atoms with E-state index in [4.69, 9.17) is 0 Å². The molecule has 76 valence electrons. The molecular formula is C11H17N3. The first-order valence-electron chi connectivity index (χ1n) is 5.63. The molecule has 0 spiro atoms. The lowest BCUT2D eigenvalue weighted by Gasteiger charge is -2.22. The van der Waals surface area contributed by atoms with Crippen molar-refractivity contribution >= 4 is 0 Å². The number of hydrogen-bond donors (Lipinski definition) is 2. The maximum atomic E-state index is 4.22. The Morgan fingerprint density at radius 2 is 2.43 bits per heavy atom. The summed E-state index contributed by atoms with van der Waals surface area (Å²) in [5, 5.41) is 3.62. The minimum atomic E-state index is 0.763. The highest BCUT2D eigenvalue weighted by Crippen LogP contribution is 2.44. The summed E-state index contributed by atoms with van der Waals surface area (Å²) in [7, 11) is 0. The van der Waals surface area contributed by atoms with Crippen LogP contribution < -0.4 is 5.32 Å². The second kappa shape index (κ2) is 3.39. The van der Waals surface area contributed by atoms with Crippen molar-refractivity contribution in [3.8, 4) is 0 Å². The van der Waals surface area contributed by atoms with Gasteiger partial charge in [0, 0.05) is 18.4 Å². The maximum absolute atomic E-state index is 4.22. The third-order valence-electron chi connectivity index (χ3n) is 3.82. The molecule has 2 aliphatic carbocycles. The van der Waals surface area contributed by atoms with Crippen LogP contribution in [0.25, 0.3) is 0 Å². The Morgan fingerprint density at radius 3 is 3.07 bits per heavy atom. The summed E-state index contributed by atoms with van der Waals surface area (Å²) in [4.78, 5) is 7.35. The quantitative estimate of drug-likeness (QED) is 0.763. The Bertz CT molecular complexity index is 293. The summed E-state index contributed by atoms with van der Waals surface area (Å²) < 4.78 is 0. The van der Waals surface area contributed by atoms with E-state index in [2.05, 4.69) is 15.3 Å². The lowest BCUT2D eigenvalue weighted by Crippen LogP contribution is -2.33. The number of H-pyrrole nitrogens is 1. The van der Waals surface area contributed by atoms with Gasteiger partial charge in [0.25, 0.3) is 0 Å². The van der Waals surface area contributed by atoms with E-state index in [0.717, 1.165) is 30.2 Å². The molecule has 2 fully saturated rings. The second-order valence-corrected chi connectivity index (χ2v) is 4.70. The Morgan fingerprint density at radius 1 is 1.43 bits per heavy atom. The van der Waals surface area contributed by atoms with Gasteiger partial charge in [-0.1, -0.05) is 6.42 Å². The molecule has 0 amide bonds. The highest BCUT2D eigenvalue weighted by atomic mass is 15.0. The number of rotatable bonds is 3. The van der Waals surface area contributed by atoms with Gasteiger partial charge in [0.2, 0.25) is 0 Å². The van der Waals surface area contributed by atoms with Crippen molar-refractivity contribution in [1.82, 2.24) is 15.3 Å². The number of aromatic nitrogens is 2. The lowest BCUT2D eigenvalue weighted by atomic mass is 9.95. The molecule has 1 heterocycles. The summed E-state index contributed by atoms with van der Waals surface area (Å²) in [6, 6.07) is 0.763. The highest BCUT2D eigenvalue weighted by Gasteiger charge is 2.38. The fraction of sp³-hybridized carbons (Fsp3) is 0.727. The zero-order valence-electron chi connectivity index (χ0n) is 8.37. The van der Waals surface area contributed by atoms with Crippen molar-refractivity contribution in [2.75, 3.05) is 0 Å². The van der Waals surface area contributed by atoms with E-state index in [1.807, 2.05) is 12.4 Å². The van der Waals surface area contributed by atoms with Gasteiger partial charge in [0.1, 0.15) is 5.82 Å². The van der Waals surface area contributed by atoms with Gasteiger partial charge in [-0.05, 0) is 31.1 Å². The molecule has 3 nitrogen and oxygen atoms in total. The molecule has 2 saturated carbocycles. The number of aromatic amines is 1. The molecule has 2 N–H and O–H groups in total. The van der Waals surface area contributed by atoms with E-state index < -0.39 is 0 Å². The summed E-state index contributed by atoms with van der Waals surface area (Å²) in [5.74, 6) is 3.04. The summed E-state index contributed by atoms with van der Waals surface area (Å²) in [5.41, 5.74) is 0. The number of hydrogen-bond acceptors (Lipinski definition) is 2. The minimum absolute atomic E-state index is 0.763. The number of nitrogens with one attached hydrogen (secondary N) is 2. The van der Waals surface area contributed by atoms with Crippen LogP contribution in [0.3, 0.4) is 0 Å². The van der Waals surface area contributed by atoms with Crippen LogP contribution in [0.5, 0.6) is 0 Å². The van der Waals surface area contributed by atoms with Gasteiger partial charge in [0.05, 0.1) is 6.54 Å². The van der Waals surface area contributed by atoms with Crippen molar-refractivity contribution in [1.29, 1.82) is 0 Å². The molecule has 2 aliphatic rings. The average molecular weight is 191 g/mol. The van der Waals surface area contributed by atoms with Crippen molar-refractivity contribution in [2.24, 2.45) is 11.8 Å². The molecule has 0 aliphatic heterocycles. The van der Waals surface area contributed by atoms with Crippen LogP contribution in [-0.2, 0) is 6.54 Å². The molecule has 3 unspecified atom stereocenters. The van der Waals surface area contributed by atoms with Crippen LogP contribution in [-0.4, -0.2) is 16.0 Å². The maximum Gasteiger partial charge on any atom is 0.120 e. The van der Waals surface area contributed by atoms with Crippen LogP contribution in [0.4, 0.5) is 0 Å². The van der Waals surface area contributed by atoms with Crippen molar-refractivity contribution in [3.63, 3.8) is 0 Å². The van der Waals surface area contributed by atoms with Crippen LogP contribution in [0.15, 0.2) is 12.4 Å². The lowest BCUT2D eigenvalue weighted by molar-refractivity contribution is 0.348. The molecule has 0 aromatic carbocycles. The summed E-state index contributed by atoms with van der Waals surface area (Å²) in [6.45, 7) is 0.904. The Balaban J connectivity index is 1.54. The fourth-order valence-corrected chi connectivity index (χ4v) is 3.12. The van der Waals surface area contributed by atoms with Crippen molar-refractivity contribution in [3.05, 3.63) is 18.2 Å². The fourth-order valence-electron chi connectivity index (χ4n) is 3.12. The van der Waals surface area contributed by atoms with Gasteiger partial charge < -0.3 is 10.3 Å². The zero-order valence-corrected chi connectivity index (χ0v) is 8.37. The van der Waals surface area contributed by atoms with Crippen molar-refractivity contribution in [2.45, 2.75) is 38.3 Å². The molecule has 3 heteroatoms. The Hall–Kier alpha value is -0.830. The number of nitrogens with zero attached hydrogens (tertiary/aromatic N) is 1. The van der Waals surface area contributed by atoms with E-state index in [1.165, 1.54) is 25.7 Å². The summed E-state index contributed by atoms with van der Waals surface area (Å²) in [6.07, 6.45) is 9.49. The van der Waals surface area contributed by atoms with Gasteiger partial charge in [-0.3, -0.25) is 0 Å². The van der Waals surface area contributed by atoms with Crippen LogP contribution >= 0.6 is 0 Å². The van der Waals surface area contributed by atoms with Crippen LogP contribution in [0, 0.1) is 11.8 Å². The largest absolute Gasteiger partial charge is 0.348 e. The van der Waals surface area contributed by atoms with E-state index in [9.17, 15) is 0 Å². The van der Waals surface area contributed by atoms with E-state index in [0.29, 0.717) is 0 Å². The third kappa shape index (κ3) is 1.46. The molecule has 0 saturated heterocycles. The monoisotopic (exact) mass is 191 g/mol. The second-order valence-electron chi connectivity index (χ2n) is 4.70. The first kappa shape index (κ1) is 8.48. The Labute approximate surface area is 84.3 Å². The first-order valence-corrected chi connectivity index (χ1v) is 5.63.